The van der Waals surface area contributed by atoms with Crippen molar-refractivity contribution < 1.29 is 5.11 Å². The largest absolute Gasteiger partial charge is 0.393 e. The van der Waals surface area contributed by atoms with Gasteiger partial charge in [0, 0.05) is 0 Å². The van der Waals surface area contributed by atoms with E-state index in [1.165, 1.54) is 0 Å². The predicted molar refractivity (Wildman–Crippen MR) is 58.0 cm³/mol. The Morgan fingerprint density at radius 1 is 1.31 bits per heavy atom. The lowest BCUT2D eigenvalue weighted by atomic mass is 9.63. The number of rotatable bonds is 1. The van der Waals surface area contributed by atoms with Gasteiger partial charge in [-0.2, -0.15) is 0 Å². The lowest BCUT2D eigenvalue weighted by Crippen LogP contribution is -2.42. The van der Waals surface area contributed by atoms with Crippen LogP contribution in [0.2, 0.25) is 0 Å². The molecule has 1 rings (SSSR count). The molecule has 2 nitrogen and oxygen atoms in total. The van der Waals surface area contributed by atoms with Gasteiger partial charge in [-0.1, -0.05) is 20.8 Å². The number of halogens is 1. The maximum Gasteiger partial charge on any atom is 0.0551 e. The van der Waals surface area contributed by atoms with Gasteiger partial charge in [0.2, 0.25) is 0 Å². The minimum absolute atomic E-state index is 0. The number of aliphatic hydroxyl groups is 1. The van der Waals surface area contributed by atoms with E-state index in [2.05, 4.69) is 20.8 Å². The van der Waals surface area contributed by atoms with Crippen molar-refractivity contribution in [3.8, 4) is 0 Å². The van der Waals surface area contributed by atoms with Crippen LogP contribution in [0.15, 0.2) is 0 Å². The third-order valence-electron chi connectivity index (χ3n) is 2.91. The highest BCUT2D eigenvalue weighted by atomic mass is 35.5. The lowest BCUT2D eigenvalue weighted by molar-refractivity contribution is -0.00501. The number of hydrogen-bond acceptors (Lipinski definition) is 2. The van der Waals surface area contributed by atoms with Crippen LogP contribution in [0.4, 0.5) is 0 Å². The van der Waals surface area contributed by atoms with E-state index in [9.17, 15) is 5.11 Å². The number of hydrogen-bond donors (Lipinski definition) is 2. The Balaban J connectivity index is 0.00000144. The summed E-state index contributed by atoms with van der Waals surface area (Å²) in [5, 5.41) is 9.66. The van der Waals surface area contributed by atoms with Crippen molar-refractivity contribution in [2.45, 2.75) is 46.1 Å². The highest BCUT2D eigenvalue weighted by molar-refractivity contribution is 5.85. The zero-order valence-electron chi connectivity index (χ0n) is 8.84. The summed E-state index contributed by atoms with van der Waals surface area (Å²) in [5.74, 6) is 0. The number of aliphatic hydroxyl groups excluding tert-OH is 1. The van der Waals surface area contributed by atoms with Gasteiger partial charge >= 0.3 is 0 Å². The Hall–Kier alpha value is 0.210. The summed E-state index contributed by atoms with van der Waals surface area (Å²) in [4.78, 5) is 0. The molecule has 0 aliphatic heterocycles. The summed E-state index contributed by atoms with van der Waals surface area (Å²) in [6, 6.07) is 0. The van der Waals surface area contributed by atoms with Gasteiger partial charge in [-0.25, -0.2) is 0 Å². The van der Waals surface area contributed by atoms with Crippen LogP contribution in [0.5, 0.6) is 0 Å². The first kappa shape index (κ1) is 13.2. The minimum Gasteiger partial charge on any atom is -0.393 e. The van der Waals surface area contributed by atoms with Crippen molar-refractivity contribution in [1.82, 2.24) is 0 Å². The molecule has 1 saturated carbocycles. The van der Waals surface area contributed by atoms with Gasteiger partial charge in [-0.05, 0) is 36.6 Å². The molecule has 0 bridgehead atoms. The Labute approximate surface area is 87.3 Å². The van der Waals surface area contributed by atoms with E-state index in [0.717, 1.165) is 19.3 Å². The molecule has 0 radical (unpaired) electrons. The summed E-state index contributed by atoms with van der Waals surface area (Å²) in [6.07, 6.45) is 2.77. The monoisotopic (exact) mass is 207 g/mol. The van der Waals surface area contributed by atoms with E-state index < -0.39 is 0 Å². The second-order valence-corrected chi connectivity index (χ2v) is 5.42. The summed E-state index contributed by atoms with van der Waals surface area (Å²) < 4.78 is 0. The Morgan fingerprint density at radius 2 is 1.85 bits per heavy atom. The SMILES string of the molecule is CC1(C)CC(O)CC(C)(CN)C1.Cl. The zero-order chi connectivity index (χ0) is 9.41. The highest BCUT2D eigenvalue weighted by Crippen LogP contribution is 2.45. The Kier molecular flexibility index (Phi) is 4.23. The van der Waals surface area contributed by atoms with Crippen LogP contribution >= 0.6 is 12.4 Å². The molecule has 1 aliphatic rings. The second-order valence-electron chi connectivity index (χ2n) is 5.42. The molecule has 0 aromatic heterocycles. The molecule has 0 aromatic carbocycles. The molecular weight excluding hydrogens is 186 g/mol. The quantitative estimate of drug-likeness (QED) is 0.691. The third kappa shape index (κ3) is 3.45. The van der Waals surface area contributed by atoms with E-state index in [1.54, 1.807) is 0 Å². The van der Waals surface area contributed by atoms with Gasteiger partial charge < -0.3 is 10.8 Å². The molecule has 0 aromatic rings. The molecule has 13 heavy (non-hydrogen) atoms. The maximum absolute atomic E-state index is 9.66. The fraction of sp³-hybridized carbons (Fsp3) is 1.00. The van der Waals surface area contributed by atoms with Gasteiger partial charge in [-0.15, -0.1) is 12.4 Å². The molecule has 0 amide bonds. The zero-order valence-corrected chi connectivity index (χ0v) is 9.66. The van der Waals surface area contributed by atoms with Gasteiger partial charge in [0.1, 0.15) is 0 Å². The highest BCUT2D eigenvalue weighted by Gasteiger charge is 2.39. The molecule has 0 heterocycles. The summed E-state index contributed by atoms with van der Waals surface area (Å²) in [6.45, 7) is 7.29. The molecule has 80 valence electrons. The van der Waals surface area contributed by atoms with Crippen molar-refractivity contribution >= 4 is 12.4 Å². The Bertz CT molecular complexity index is 172. The maximum atomic E-state index is 9.66. The van der Waals surface area contributed by atoms with Crippen molar-refractivity contribution in [3.63, 3.8) is 0 Å². The van der Waals surface area contributed by atoms with Gasteiger partial charge in [-0.3, -0.25) is 0 Å². The Morgan fingerprint density at radius 3 is 2.23 bits per heavy atom. The van der Waals surface area contributed by atoms with Crippen LogP contribution in [-0.2, 0) is 0 Å². The first-order chi connectivity index (χ1) is 5.37. The molecule has 0 spiro atoms. The average molecular weight is 208 g/mol. The lowest BCUT2D eigenvalue weighted by Gasteiger charge is -2.44. The smallest absolute Gasteiger partial charge is 0.0551 e. The van der Waals surface area contributed by atoms with Crippen molar-refractivity contribution in [2.24, 2.45) is 16.6 Å². The van der Waals surface area contributed by atoms with Gasteiger partial charge in [0.15, 0.2) is 0 Å². The van der Waals surface area contributed by atoms with Crippen molar-refractivity contribution in [3.05, 3.63) is 0 Å². The van der Waals surface area contributed by atoms with Crippen molar-refractivity contribution in [2.75, 3.05) is 6.54 Å². The summed E-state index contributed by atoms with van der Waals surface area (Å²) >= 11 is 0. The van der Waals surface area contributed by atoms with E-state index in [-0.39, 0.29) is 29.3 Å². The molecule has 3 heteroatoms. The summed E-state index contributed by atoms with van der Waals surface area (Å²) in [5.41, 5.74) is 6.12. The molecule has 1 fully saturated rings. The van der Waals surface area contributed by atoms with Gasteiger partial charge in [0.25, 0.3) is 0 Å². The first-order valence-electron chi connectivity index (χ1n) is 4.75. The molecule has 2 unspecified atom stereocenters. The average Bonchev–Trinajstić information content (AvgIpc) is 1.82. The fourth-order valence-corrected chi connectivity index (χ4v) is 2.73. The fourth-order valence-electron chi connectivity index (χ4n) is 2.73. The van der Waals surface area contributed by atoms with Crippen LogP contribution < -0.4 is 5.73 Å². The number of nitrogens with two attached hydrogens (primary N) is 1. The molecular formula is C10H22ClNO. The van der Waals surface area contributed by atoms with Crippen LogP contribution in [0, 0.1) is 10.8 Å². The minimum atomic E-state index is -0.151. The molecule has 3 N–H and O–H groups in total. The van der Waals surface area contributed by atoms with Crippen molar-refractivity contribution in [1.29, 1.82) is 0 Å². The van der Waals surface area contributed by atoms with E-state index in [4.69, 9.17) is 5.73 Å². The predicted octanol–water partition coefficient (Wildman–Crippen LogP) is 1.94. The van der Waals surface area contributed by atoms with Crippen LogP contribution in [0.1, 0.15) is 40.0 Å². The van der Waals surface area contributed by atoms with E-state index in [1.807, 2.05) is 0 Å². The second kappa shape index (κ2) is 4.16. The standard InChI is InChI=1S/C10H21NO.ClH/c1-9(2)4-8(12)5-10(3,6-9)7-11;/h8,12H,4-7,11H2,1-3H3;1H. The molecule has 0 saturated heterocycles. The first-order valence-corrected chi connectivity index (χ1v) is 4.75. The van der Waals surface area contributed by atoms with E-state index >= 15 is 0 Å². The van der Waals surface area contributed by atoms with Gasteiger partial charge in [0.05, 0.1) is 6.10 Å². The van der Waals surface area contributed by atoms with Crippen LogP contribution in [-0.4, -0.2) is 17.8 Å². The normalized spacial score (nSPS) is 38.1. The third-order valence-corrected chi connectivity index (χ3v) is 2.91. The molecule has 2 atom stereocenters. The van der Waals surface area contributed by atoms with Crippen LogP contribution in [0.25, 0.3) is 0 Å². The summed E-state index contributed by atoms with van der Waals surface area (Å²) in [7, 11) is 0. The molecule has 1 aliphatic carbocycles. The van der Waals surface area contributed by atoms with E-state index in [0.29, 0.717) is 6.54 Å². The topological polar surface area (TPSA) is 46.2 Å². The van der Waals surface area contributed by atoms with Crippen LogP contribution in [0.3, 0.4) is 0 Å².